The van der Waals surface area contributed by atoms with E-state index >= 15 is 0 Å². The van der Waals surface area contributed by atoms with Crippen LogP contribution in [0.2, 0.25) is 0 Å². The van der Waals surface area contributed by atoms with Gasteiger partial charge in [0, 0.05) is 22.2 Å². The molecule has 0 aliphatic rings. The summed E-state index contributed by atoms with van der Waals surface area (Å²) in [4.78, 5) is 25.7. The van der Waals surface area contributed by atoms with Crippen molar-refractivity contribution >= 4 is 35.0 Å². The fourth-order valence-electron chi connectivity index (χ4n) is 2.81. The number of thioether (sulfide) groups is 1. The van der Waals surface area contributed by atoms with Gasteiger partial charge in [-0.1, -0.05) is 23.8 Å². The molecule has 0 radical (unpaired) electrons. The summed E-state index contributed by atoms with van der Waals surface area (Å²) in [5.74, 6) is 1.05. The van der Waals surface area contributed by atoms with Gasteiger partial charge in [0.05, 0.1) is 25.7 Å². The van der Waals surface area contributed by atoms with Crippen LogP contribution in [-0.2, 0) is 4.79 Å². The van der Waals surface area contributed by atoms with Crippen LogP contribution in [0.25, 0.3) is 0 Å². The van der Waals surface area contributed by atoms with Gasteiger partial charge >= 0.3 is 0 Å². The van der Waals surface area contributed by atoms with E-state index in [2.05, 4.69) is 10.6 Å². The number of carbonyl (C=O) groups excluding carboxylic acids is 2. The van der Waals surface area contributed by atoms with Crippen LogP contribution in [0.15, 0.2) is 71.6 Å². The molecule has 0 saturated carbocycles. The maximum atomic E-state index is 12.4. The molecule has 0 aliphatic carbocycles. The molecule has 6 nitrogen and oxygen atoms in total. The molecule has 0 spiro atoms. The Hall–Kier alpha value is -3.45. The third-order valence-corrected chi connectivity index (χ3v) is 5.45. The lowest BCUT2D eigenvalue weighted by Gasteiger charge is -2.12. The first-order valence-corrected chi connectivity index (χ1v) is 10.6. The second-order valence-corrected chi connectivity index (χ2v) is 7.80. The molecule has 2 amide bonds. The highest BCUT2D eigenvalue weighted by Crippen LogP contribution is 2.29. The highest BCUT2D eigenvalue weighted by molar-refractivity contribution is 8.00. The molecule has 0 aliphatic heterocycles. The zero-order chi connectivity index (χ0) is 22.2. The maximum Gasteiger partial charge on any atom is 0.255 e. The van der Waals surface area contributed by atoms with Gasteiger partial charge in [-0.3, -0.25) is 9.59 Å². The molecule has 0 atom stereocenters. The molecule has 0 heterocycles. The molecule has 3 aromatic carbocycles. The van der Waals surface area contributed by atoms with Gasteiger partial charge in [0.15, 0.2) is 0 Å². The van der Waals surface area contributed by atoms with Crippen molar-refractivity contribution in [1.82, 2.24) is 0 Å². The van der Waals surface area contributed by atoms with Crippen LogP contribution >= 0.6 is 11.8 Å². The smallest absolute Gasteiger partial charge is 0.255 e. The molecule has 0 saturated heterocycles. The lowest BCUT2D eigenvalue weighted by molar-refractivity contribution is -0.113. The van der Waals surface area contributed by atoms with Gasteiger partial charge in [0.25, 0.3) is 5.91 Å². The predicted molar refractivity (Wildman–Crippen MR) is 124 cm³/mol. The number of hydrogen-bond donors (Lipinski definition) is 2. The van der Waals surface area contributed by atoms with E-state index in [0.717, 1.165) is 10.5 Å². The van der Waals surface area contributed by atoms with E-state index in [9.17, 15) is 9.59 Å². The first-order valence-electron chi connectivity index (χ1n) is 9.61. The average Bonchev–Trinajstić information content (AvgIpc) is 2.78. The molecule has 2 N–H and O–H groups in total. The van der Waals surface area contributed by atoms with Crippen LogP contribution in [0.3, 0.4) is 0 Å². The Morgan fingerprint density at radius 1 is 0.903 bits per heavy atom. The third-order valence-electron chi connectivity index (χ3n) is 4.46. The lowest BCUT2D eigenvalue weighted by atomic mass is 10.1. The molecular formula is C24H24N2O4S. The van der Waals surface area contributed by atoms with Gasteiger partial charge in [-0.25, -0.2) is 0 Å². The van der Waals surface area contributed by atoms with Crippen LogP contribution in [0, 0.1) is 6.92 Å². The number of hydrogen-bond acceptors (Lipinski definition) is 5. The quantitative estimate of drug-likeness (QED) is 0.486. The van der Waals surface area contributed by atoms with E-state index in [1.54, 1.807) is 37.4 Å². The normalized spacial score (nSPS) is 10.3. The van der Waals surface area contributed by atoms with Crippen LogP contribution in [0.4, 0.5) is 11.4 Å². The molecule has 3 rings (SSSR count). The molecule has 0 aromatic heterocycles. The Morgan fingerprint density at radius 3 is 2.39 bits per heavy atom. The van der Waals surface area contributed by atoms with Crippen molar-refractivity contribution in [3.05, 3.63) is 77.9 Å². The summed E-state index contributed by atoms with van der Waals surface area (Å²) in [6.07, 6.45) is 0. The molecular weight excluding hydrogens is 412 g/mol. The first kappa shape index (κ1) is 22.2. The van der Waals surface area contributed by atoms with Crippen molar-refractivity contribution in [1.29, 1.82) is 0 Å². The number of benzene rings is 3. The van der Waals surface area contributed by atoms with Gasteiger partial charge < -0.3 is 20.1 Å². The van der Waals surface area contributed by atoms with E-state index in [1.165, 1.54) is 18.9 Å². The number of aryl methyl sites for hydroxylation is 1. The van der Waals surface area contributed by atoms with E-state index in [-0.39, 0.29) is 17.6 Å². The summed E-state index contributed by atoms with van der Waals surface area (Å²) >= 11 is 1.38. The topological polar surface area (TPSA) is 76.7 Å². The fraction of sp³-hybridized carbons (Fsp3) is 0.167. The third kappa shape index (κ3) is 6.26. The summed E-state index contributed by atoms with van der Waals surface area (Å²) in [5.41, 5.74) is 2.94. The van der Waals surface area contributed by atoms with Crippen molar-refractivity contribution < 1.29 is 19.1 Å². The zero-order valence-corrected chi connectivity index (χ0v) is 18.4. The van der Waals surface area contributed by atoms with Gasteiger partial charge in [-0.15, -0.1) is 11.8 Å². The lowest BCUT2D eigenvalue weighted by Crippen LogP contribution is -2.15. The van der Waals surface area contributed by atoms with Crippen molar-refractivity contribution in [2.45, 2.75) is 11.8 Å². The molecule has 7 heteroatoms. The van der Waals surface area contributed by atoms with Crippen LogP contribution in [-0.4, -0.2) is 31.8 Å². The van der Waals surface area contributed by atoms with E-state index < -0.39 is 0 Å². The highest BCUT2D eigenvalue weighted by atomic mass is 32.2. The van der Waals surface area contributed by atoms with E-state index in [0.29, 0.717) is 28.4 Å². The summed E-state index contributed by atoms with van der Waals surface area (Å²) in [6.45, 7) is 1.98. The highest BCUT2D eigenvalue weighted by Gasteiger charge is 2.10. The Kier molecular flexibility index (Phi) is 7.56. The Morgan fingerprint density at radius 2 is 1.68 bits per heavy atom. The Bertz CT molecular complexity index is 1070. The average molecular weight is 437 g/mol. The van der Waals surface area contributed by atoms with Gasteiger partial charge in [0.1, 0.15) is 11.5 Å². The standard InChI is InChI=1S/C24H24N2O4S/c1-16-7-9-17(10-8-16)24(28)25-18-5-4-6-20(13-18)31-15-23(27)26-21-12-11-19(29-2)14-22(21)30-3/h4-14H,15H2,1-3H3,(H,25,28)(H,26,27). The number of amides is 2. The number of nitrogens with one attached hydrogen (secondary N) is 2. The second-order valence-electron chi connectivity index (χ2n) is 6.75. The minimum Gasteiger partial charge on any atom is -0.497 e. The van der Waals surface area contributed by atoms with Crippen molar-refractivity contribution in [2.75, 3.05) is 30.6 Å². The largest absolute Gasteiger partial charge is 0.497 e. The number of methoxy groups -OCH3 is 2. The number of rotatable bonds is 8. The van der Waals surface area contributed by atoms with Crippen molar-refractivity contribution in [2.24, 2.45) is 0 Å². The summed E-state index contributed by atoms with van der Waals surface area (Å²) in [5, 5.41) is 5.74. The van der Waals surface area contributed by atoms with E-state index in [4.69, 9.17) is 9.47 Å². The molecule has 160 valence electrons. The van der Waals surface area contributed by atoms with Crippen LogP contribution < -0.4 is 20.1 Å². The maximum absolute atomic E-state index is 12.4. The summed E-state index contributed by atoms with van der Waals surface area (Å²) < 4.78 is 10.5. The van der Waals surface area contributed by atoms with Crippen molar-refractivity contribution in [3.8, 4) is 11.5 Å². The van der Waals surface area contributed by atoms with Gasteiger partial charge in [-0.2, -0.15) is 0 Å². The fourth-order valence-corrected chi connectivity index (χ4v) is 3.56. The molecule has 0 fully saturated rings. The van der Waals surface area contributed by atoms with Crippen LogP contribution in [0.5, 0.6) is 11.5 Å². The SMILES string of the molecule is COc1ccc(NC(=O)CSc2cccc(NC(=O)c3ccc(C)cc3)c2)c(OC)c1. The minimum atomic E-state index is -0.175. The predicted octanol–water partition coefficient (Wildman–Crippen LogP) is 5.00. The van der Waals surface area contributed by atoms with Gasteiger partial charge in [0.2, 0.25) is 5.91 Å². The molecule has 3 aromatic rings. The second kappa shape index (κ2) is 10.5. The number of anilines is 2. The number of carbonyl (C=O) groups is 2. The van der Waals surface area contributed by atoms with Crippen LogP contribution in [0.1, 0.15) is 15.9 Å². The number of ether oxygens (including phenoxy) is 2. The Labute approximate surface area is 186 Å². The van der Waals surface area contributed by atoms with Gasteiger partial charge in [-0.05, 0) is 49.4 Å². The van der Waals surface area contributed by atoms with E-state index in [1.807, 2.05) is 43.3 Å². The monoisotopic (exact) mass is 436 g/mol. The Balaban J connectivity index is 1.58. The summed E-state index contributed by atoms with van der Waals surface area (Å²) in [7, 11) is 3.11. The minimum absolute atomic E-state index is 0.164. The van der Waals surface area contributed by atoms with Crippen molar-refractivity contribution in [3.63, 3.8) is 0 Å². The molecule has 31 heavy (non-hydrogen) atoms. The molecule has 0 unspecified atom stereocenters. The first-order chi connectivity index (χ1) is 15.0. The molecule has 0 bridgehead atoms. The zero-order valence-electron chi connectivity index (χ0n) is 17.6. The summed E-state index contributed by atoms with van der Waals surface area (Å²) in [6, 6.07) is 20.0.